The van der Waals surface area contributed by atoms with Gasteiger partial charge in [-0.15, -0.1) is 5.10 Å². The van der Waals surface area contributed by atoms with Crippen LogP contribution in [0.1, 0.15) is 5.69 Å². The Hall–Kier alpha value is -3.07. The molecule has 0 saturated heterocycles. The van der Waals surface area contributed by atoms with E-state index in [0.29, 0.717) is 11.3 Å². The van der Waals surface area contributed by atoms with Gasteiger partial charge in [-0.1, -0.05) is 17.3 Å². The zero-order valence-electron chi connectivity index (χ0n) is 10.2. The predicted molar refractivity (Wildman–Crippen MR) is 69.3 cm³/mol. The van der Waals surface area contributed by atoms with Gasteiger partial charge in [0.25, 0.3) is 0 Å². The molecular formula is C14H8FN5. The summed E-state index contributed by atoms with van der Waals surface area (Å²) in [5.41, 5.74) is 1.53. The van der Waals surface area contributed by atoms with Crippen LogP contribution in [0.25, 0.3) is 16.9 Å². The first kappa shape index (κ1) is 12.0. The van der Waals surface area contributed by atoms with Gasteiger partial charge in [0.15, 0.2) is 5.69 Å². The highest BCUT2D eigenvalue weighted by molar-refractivity contribution is 5.66. The number of para-hydroxylation sites is 1. The lowest BCUT2D eigenvalue weighted by Crippen LogP contribution is -2.02. The second-order valence-corrected chi connectivity index (χ2v) is 4.00. The second-order valence-electron chi connectivity index (χ2n) is 4.00. The first-order valence-corrected chi connectivity index (χ1v) is 5.82. The molecule has 0 N–H and O–H groups in total. The Morgan fingerprint density at radius 3 is 2.55 bits per heavy atom. The molecule has 0 unspecified atom stereocenters. The van der Waals surface area contributed by atoms with Crippen molar-refractivity contribution in [2.75, 3.05) is 0 Å². The largest absolute Gasteiger partial charge is 0.265 e. The van der Waals surface area contributed by atoms with Crippen molar-refractivity contribution >= 4 is 0 Å². The van der Waals surface area contributed by atoms with E-state index in [1.807, 2.05) is 6.07 Å². The topological polar surface area (TPSA) is 67.4 Å². The van der Waals surface area contributed by atoms with Gasteiger partial charge < -0.3 is 0 Å². The van der Waals surface area contributed by atoms with E-state index in [1.54, 1.807) is 42.7 Å². The molecule has 96 valence electrons. The first-order chi connectivity index (χ1) is 9.81. The molecule has 5 nitrogen and oxygen atoms in total. The van der Waals surface area contributed by atoms with Crippen molar-refractivity contribution in [3.63, 3.8) is 0 Å². The van der Waals surface area contributed by atoms with Crippen LogP contribution in [-0.4, -0.2) is 20.0 Å². The third kappa shape index (κ3) is 1.91. The Kier molecular flexibility index (Phi) is 2.94. The van der Waals surface area contributed by atoms with Crippen LogP contribution >= 0.6 is 0 Å². The van der Waals surface area contributed by atoms with Crippen molar-refractivity contribution in [1.82, 2.24) is 20.0 Å². The van der Waals surface area contributed by atoms with E-state index in [2.05, 4.69) is 15.3 Å². The molecule has 6 heteroatoms. The zero-order valence-corrected chi connectivity index (χ0v) is 10.2. The smallest absolute Gasteiger partial charge is 0.191 e. The van der Waals surface area contributed by atoms with Crippen molar-refractivity contribution in [3.05, 3.63) is 60.3 Å². The van der Waals surface area contributed by atoms with E-state index >= 15 is 0 Å². The highest BCUT2D eigenvalue weighted by Gasteiger charge is 2.17. The molecule has 0 spiro atoms. The van der Waals surface area contributed by atoms with Crippen molar-refractivity contribution in [3.8, 4) is 23.0 Å². The van der Waals surface area contributed by atoms with Gasteiger partial charge in [0.05, 0.1) is 0 Å². The summed E-state index contributed by atoms with van der Waals surface area (Å²) in [6, 6.07) is 11.6. The summed E-state index contributed by atoms with van der Waals surface area (Å²) < 4.78 is 15.2. The van der Waals surface area contributed by atoms with E-state index in [1.165, 1.54) is 10.7 Å². The maximum Gasteiger partial charge on any atom is 0.191 e. The number of benzene rings is 1. The fourth-order valence-electron chi connectivity index (χ4n) is 1.92. The Labute approximate surface area is 113 Å². The number of aromatic nitrogens is 4. The quantitative estimate of drug-likeness (QED) is 0.713. The molecule has 0 saturated carbocycles. The minimum atomic E-state index is -0.433. The van der Waals surface area contributed by atoms with E-state index in [9.17, 15) is 4.39 Å². The van der Waals surface area contributed by atoms with Crippen molar-refractivity contribution < 1.29 is 4.39 Å². The molecule has 2 heterocycles. The minimum absolute atomic E-state index is 0.138. The van der Waals surface area contributed by atoms with Gasteiger partial charge in [-0.3, -0.25) is 4.98 Å². The normalized spacial score (nSPS) is 10.2. The molecule has 0 aliphatic rings. The fraction of sp³-hybridized carbons (Fsp3) is 0. The monoisotopic (exact) mass is 265 g/mol. The van der Waals surface area contributed by atoms with E-state index in [-0.39, 0.29) is 11.4 Å². The van der Waals surface area contributed by atoms with Crippen molar-refractivity contribution in [1.29, 1.82) is 5.26 Å². The number of nitriles is 1. The first-order valence-electron chi connectivity index (χ1n) is 5.82. The van der Waals surface area contributed by atoms with Crippen molar-refractivity contribution in [2.24, 2.45) is 0 Å². The molecule has 0 fully saturated rings. The van der Waals surface area contributed by atoms with Gasteiger partial charge in [0.2, 0.25) is 0 Å². The van der Waals surface area contributed by atoms with Gasteiger partial charge in [-0.05, 0) is 24.3 Å². The van der Waals surface area contributed by atoms with E-state index in [0.717, 1.165) is 0 Å². The molecule has 0 amide bonds. The van der Waals surface area contributed by atoms with Crippen LogP contribution in [0.15, 0.2) is 48.8 Å². The standard InChI is InChI=1S/C14H8FN5/c15-11-3-1-2-4-13(11)20-14(12(9-16)18-19-20)10-5-7-17-8-6-10/h1-8H. The van der Waals surface area contributed by atoms with Crippen LogP contribution in [0, 0.1) is 17.1 Å². The molecule has 20 heavy (non-hydrogen) atoms. The van der Waals surface area contributed by atoms with Crippen LogP contribution in [-0.2, 0) is 0 Å². The van der Waals surface area contributed by atoms with E-state index < -0.39 is 5.82 Å². The summed E-state index contributed by atoms with van der Waals surface area (Å²) in [5, 5.41) is 16.8. The second kappa shape index (κ2) is 4.90. The summed E-state index contributed by atoms with van der Waals surface area (Å²) in [5.74, 6) is -0.433. The number of hydrogen-bond acceptors (Lipinski definition) is 4. The van der Waals surface area contributed by atoms with Gasteiger partial charge in [0, 0.05) is 18.0 Å². The van der Waals surface area contributed by atoms with Gasteiger partial charge >= 0.3 is 0 Å². The summed E-state index contributed by atoms with van der Waals surface area (Å²) >= 11 is 0. The van der Waals surface area contributed by atoms with Crippen LogP contribution in [0.5, 0.6) is 0 Å². The van der Waals surface area contributed by atoms with Crippen LogP contribution in [0.4, 0.5) is 4.39 Å². The maximum atomic E-state index is 13.9. The molecular weight excluding hydrogens is 257 g/mol. The molecule has 3 aromatic rings. The molecule has 0 radical (unpaired) electrons. The number of nitrogens with zero attached hydrogens (tertiary/aromatic N) is 5. The summed E-state index contributed by atoms with van der Waals surface area (Å²) in [6.07, 6.45) is 3.18. The summed E-state index contributed by atoms with van der Waals surface area (Å²) in [4.78, 5) is 3.92. The number of hydrogen-bond donors (Lipinski definition) is 0. The molecule has 0 bridgehead atoms. The lowest BCUT2D eigenvalue weighted by molar-refractivity contribution is 0.608. The lowest BCUT2D eigenvalue weighted by atomic mass is 10.1. The molecule has 0 atom stereocenters. The molecule has 2 aromatic heterocycles. The van der Waals surface area contributed by atoms with Crippen LogP contribution in [0.3, 0.4) is 0 Å². The Bertz CT molecular complexity index is 789. The third-order valence-corrected chi connectivity index (χ3v) is 2.81. The highest BCUT2D eigenvalue weighted by atomic mass is 19.1. The average Bonchev–Trinajstić information content (AvgIpc) is 2.92. The highest BCUT2D eigenvalue weighted by Crippen LogP contribution is 2.25. The zero-order chi connectivity index (χ0) is 13.9. The molecule has 1 aromatic carbocycles. The van der Waals surface area contributed by atoms with Gasteiger partial charge in [-0.25, -0.2) is 9.07 Å². The minimum Gasteiger partial charge on any atom is -0.265 e. The van der Waals surface area contributed by atoms with E-state index in [4.69, 9.17) is 5.26 Å². The Balaban J connectivity index is 2.27. The van der Waals surface area contributed by atoms with Gasteiger partial charge in [-0.2, -0.15) is 5.26 Å². The van der Waals surface area contributed by atoms with Gasteiger partial charge in [0.1, 0.15) is 23.3 Å². The number of pyridine rings is 1. The number of rotatable bonds is 2. The van der Waals surface area contributed by atoms with Crippen LogP contribution < -0.4 is 0 Å². The molecule has 0 aliphatic heterocycles. The Morgan fingerprint density at radius 1 is 1.10 bits per heavy atom. The average molecular weight is 265 g/mol. The SMILES string of the molecule is N#Cc1nnn(-c2ccccc2F)c1-c1ccncc1. The van der Waals surface area contributed by atoms with Crippen LogP contribution in [0.2, 0.25) is 0 Å². The summed E-state index contributed by atoms with van der Waals surface area (Å²) in [6.45, 7) is 0. The maximum absolute atomic E-state index is 13.9. The fourth-order valence-corrected chi connectivity index (χ4v) is 1.92. The third-order valence-electron chi connectivity index (χ3n) is 2.81. The Morgan fingerprint density at radius 2 is 1.85 bits per heavy atom. The molecule has 3 rings (SSSR count). The summed E-state index contributed by atoms with van der Waals surface area (Å²) in [7, 11) is 0. The van der Waals surface area contributed by atoms with Crippen molar-refractivity contribution in [2.45, 2.75) is 0 Å². The molecule has 0 aliphatic carbocycles. The number of halogens is 1. The lowest BCUT2D eigenvalue weighted by Gasteiger charge is -2.07. The predicted octanol–water partition coefficient (Wildman–Crippen LogP) is 2.34.